The third-order valence-corrected chi connectivity index (χ3v) is 10.5. The molecule has 1 saturated carbocycles. The molecule has 4 rings (SSSR count). The molecule has 308 valence electrons. The molecule has 3 aromatic rings. The number of benzene rings is 1. The average Bonchev–Trinajstić information content (AvgIpc) is 3.75. The van der Waals surface area contributed by atoms with Gasteiger partial charge in [-0.25, -0.2) is 0 Å². The van der Waals surface area contributed by atoms with Crippen LogP contribution >= 0.6 is 11.3 Å². The van der Waals surface area contributed by atoms with Crippen molar-refractivity contribution in [2.24, 2.45) is 5.92 Å². The maximum atomic E-state index is 13.6. The van der Waals surface area contributed by atoms with Crippen molar-refractivity contribution in [3.8, 4) is 0 Å². The van der Waals surface area contributed by atoms with Crippen LogP contribution in [0.1, 0.15) is 102 Å². The summed E-state index contributed by atoms with van der Waals surface area (Å²) in [7, 11) is 0. The number of amides is 4. The van der Waals surface area contributed by atoms with Gasteiger partial charge in [0, 0.05) is 43.7 Å². The first-order chi connectivity index (χ1) is 26.8. The quantitative estimate of drug-likeness (QED) is 0.0838. The van der Waals surface area contributed by atoms with Crippen molar-refractivity contribution in [1.29, 1.82) is 0 Å². The van der Waals surface area contributed by atoms with Gasteiger partial charge in [-0.15, -0.1) is 11.3 Å². The SMILES string of the molecule is CCN(C(=O)Cn1c(C(=O)NC2CCC(C(=O)NCCCCCC(=O)NCCOCCOCCC(=O)OC(C)(C)C)CC2)cc2sccc21)c1cccc(C)c1. The second kappa shape index (κ2) is 22.5. The van der Waals surface area contributed by atoms with Crippen LogP contribution in [0.4, 0.5) is 5.69 Å². The monoisotopic (exact) mass is 795 g/mol. The molecule has 0 saturated heterocycles. The van der Waals surface area contributed by atoms with Gasteiger partial charge in [0.05, 0.1) is 43.1 Å². The first kappa shape index (κ1) is 44.4. The molecule has 56 heavy (non-hydrogen) atoms. The molecular weight excluding hydrogens is 735 g/mol. The molecule has 0 atom stereocenters. The lowest BCUT2D eigenvalue weighted by atomic mass is 9.85. The summed E-state index contributed by atoms with van der Waals surface area (Å²) in [5.74, 6) is -0.655. The lowest BCUT2D eigenvalue weighted by molar-refractivity contribution is -0.156. The largest absolute Gasteiger partial charge is 0.460 e. The molecule has 2 heterocycles. The number of carbonyl (C=O) groups is 5. The number of carbonyl (C=O) groups excluding carboxylic acids is 5. The molecule has 0 bridgehead atoms. The highest BCUT2D eigenvalue weighted by Gasteiger charge is 2.29. The van der Waals surface area contributed by atoms with E-state index >= 15 is 0 Å². The first-order valence-corrected chi connectivity index (χ1v) is 20.9. The van der Waals surface area contributed by atoms with Crippen LogP contribution in [0.15, 0.2) is 41.8 Å². The average molecular weight is 796 g/mol. The van der Waals surface area contributed by atoms with E-state index in [1.807, 2.05) is 81.0 Å². The van der Waals surface area contributed by atoms with Crippen molar-refractivity contribution in [2.45, 2.75) is 111 Å². The standard InChI is InChI=1S/C42H61N5O8S/c1-6-46(33-12-10-11-30(2)27-33)38(49)29-47-34-19-26-56-36(34)28-35(47)41(52)45-32-16-14-31(15-17-32)40(51)44-20-9-7-8-13-37(48)43-21-23-54-25-24-53-22-18-39(50)55-42(3,4)5/h10-12,19,26-28,31-32H,6-9,13-18,20-25,29H2,1-5H3,(H,43,48)(H,44,51)(H,45,52). The second-order valence-electron chi connectivity index (χ2n) is 15.3. The summed E-state index contributed by atoms with van der Waals surface area (Å²) in [6, 6.07) is 11.6. The van der Waals surface area contributed by atoms with Crippen LogP contribution in [0, 0.1) is 12.8 Å². The Morgan fingerprint density at radius 3 is 2.34 bits per heavy atom. The zero-order chi connectivity index (χ0) is 40.5. The number of fused-ring (bicyclic) bond motifs is 1. The van der Waals surface area contributed by atoms with E-state index in [1.165, 1.54) is 0 Å². The minimum atomic E-state index is -0.504. The Morgan fingerprint density at radius 1 is 0.875 bits per heavy atom. The lowest BCUT2D eigenvalue weighted by Gasteiger charge is -2.28. The summed E-state index contributed by atoms with van der Waals surface area (Å²) in [5, 5.41) is 11.1. The van der Waals surface area contributed by atoms with Gasteiger partial charge in [-0.3, -0.25) is 24.0 Å². The van der Waals surface area contributed by atoms with Gasteiger partial charge in [-0.2, -0.15) is 0 Å². The molecule has 3 N–H and O–H groups in total. The van der Waals surface area contributed by atoms with Crippen LogP contribution in [0.3, 0.4) is 0 Å². The summed E-state index contributed by atoms with van der Waals surface area (Å²) in [6.07, 6.45) is 5.77. The van der Waals surface area contributed by atoms with Crippen molar-refractivity contribution >= 4 is 56.8 Å². The molecular formula is C42H61N5O8S. The molecule has 1 fully saturated rings. The van der Waals surface area contributed by atoms with Gasteiger partial charge in [-0.1, -0.05) is 18.6 Å². The predicted molar refractivity (Wildman–Crippen MR) is 219 cm³/mol. The Bertz CT molecular complexity index is 1740. The van der Waals surface area contributed by atoms with Crippen molar-refractivity contribution in [2.75, 3.05) is 51.0 Å². The summed E-state index contributed by atoms with van der Waals surface area (Å²) < 4.78 is 18.9. The van der Waals surface area contributed by atoms with Crippen LogP contribution < -0.4 is 20.9 Å². The van der Waals surface area contributed by atoms with E-state index in [4.69, 9.17) is 14.2 Å². The number of aromatic nitrogens is 1. The number of esters is 1. The number of hydrogen-bond donors (Lipinski definition) is 3. The molecule has 0 unspecified atom stereocenters. The minimum Gasteiger partial charge on any atom is -0.460 e. The molecule has 0 radical (unpaired) electrons. The smallest absolute Gasteiger partial charge is 0.308 e. The van der Waals surface area contributed by atoms with Gasteiger partial charge in [0.2, 0.25) is 17.7 Å². The van der Waals surface area contributed by atoms with E-state index in [9.17, 15) is 24.0 Å². The van der Waals surface area contributed by atoms with E-state index in [1.54, 1.807) is 16.2 Å². The Hall–Kier alpha value is -4.27. The van der Waals surface area contributed by atoms with Crippen molar-refractivity contribution in [3.63, 3.8) is 0 Å². The highest BCUT2D eigenvalue weighted by Crippen LogP contribution is 2.28. The maximum Gasteiger partial charge on any atom is 0.308 e. The summed E-state index contributed by atoms with van der Waals surface area (Å²) in [5.41, 5.74) is 2.75. The number of rotatable bonds is 22. The molecule has 0 spiro atoms. The minimum absolute atomic E-state index is 0.0298. The molecule has 13 nitrogen and oxygen atoms in total. The predicted octanol–water partition coefficient (Wildman–Crippen LogP) is 5.91. The number of likely N-dealkylation sites (N-methyl/N-ethyl adjacent to an activating group) is 1. The summed E-state index contributed by atoms with van der Waals surface area (Å²) in [6.45, 7) is 12.4. The number of nitrogens with zero attached hydrogens (tertiary/aromatic N) is 2. The summed E-state index contributed by atoms with van der Waals surface area (Å²) >= 11 is 1.54. The Labute approximate surface area is 335 Å². The van der Waals surface area contributed by atoms with Crippen molar-refractivity contribution in [3.05, 3.63) is 53.0 Å². The van der Waals surface area contributed by atoms with Crippen LogP contribution in [0.25, 0.3) is 10.2 Å². The van der Waals surface area contributed by atoms with Gasteiger partial charge in [0.1, 0.15) is 17.8 Å². The number of unbranched alkanes of at least 4 members (excludes halogenated alkanes) is 2. The van der Waals surface area contributed by atoms with Gasteiger partial charge < -0.3 is 39.6 Å². The van der Waals surface area contributed by atoms with Crippen LogP contribution in [0.5, 0.6) is 0 Å². The zero-order valence-corrected chi connectivity index (χ0v) is 34.6. The van der Waals surface area contributed by atoms with E-state index < -0.39 is 5.60 Å². The molecule has 2 aromatic heterocycles. The Balaban J connectivity index is 1.06. The van der Waals surface area contributed by atoms with Gasteiger partial charge >= 0.3 is 5.97 Å². The second-order valence-corrected chi connectivity index (χ2v) is 16.2. The molecule has 1 aliphatic rings. The highest BCUT2D eigenvalue weighted by molar-refractivity contribution is 7.17. The molecule has 1 aromatic carbocycles. The topological polar surface area (TPSA) is 157 Å². The first-order valence-electron chi connectivity index (χ1n) is 20.0. The Morgan fingerprint density at radius 2 is 1.62 bits per heavy atom. The van der Waals surface area contributed by atoms with E-state index in [0.717, 1.165) is 40.7 Å². The number of ether oxygens (including phenoxy) is 3. The van der Waals surface area contributed by atoms with Gasteiger partial charge in [0.15, 0.2) is 0 Å². The van der Waals surface area contributed by atoms with Crippen molar-refractivity contribution in [1.82, 2.24) is 20.5 Å². The fourth-order valence-corrected chi connectivity index (χ4v) is 7.60. The molecule has 1 aliphatic carbocycles. The number of anilines is 1. The normalized spacial score (nSPS) is 15.7. The third kappa shape index (κ3) is 14.7. The van der Waals surface area contributed by atoms with E-state index in [0.29, 0.717) is 77.3 Å². The fraction of sp³-hybridized carbons (Fsp3) is 0.595. The molecule has 14 heteroatoms. The summed E-state index contributed by atoms with van der Waals surface area (Å²) in [4.78, 5) is 65.6. The van der Waals surface area contributed by atoms with Crippen molar-refractivity contribution < 1.29 is 38.2 Å². The van der Waals surface area contributed by atoms with Gasteiger partial charge in [0.25, 0.3) is 5.91 Å². The van der Waals surface area contributed by atoms with E-state index in [-0.39, 0.29) is 61.1 Å². The maximum absolute atomic E-state index is 13.6. The molecule has 0 aliphatic heterocycles. The number of nitrogens with one attached hydrogen (secondary N) is 3. The number of thiophene rings is 1. The highest BCUT2D eigenvalue weighted by atomic mass is 32.1. The third-order valence-electron chi connectivity index (χ3n) is 9.60. The van der Waals surface area contributed by atoms with E-state index in [2.05, 4.69) is 16.0 Å². The fourth-order valence-electron chi connectivity index (χ4n) is 6.78. The number of hydrogen-bond acceptors (Lipinski definition) is 9. The van der Waals surface area contributed by atoms with Crippen LogP contribution in [0.2, 0.25) is 0 Å². The zero-order valence-electron chi connectivity index (χ0n) is 33.8. The van der Waals surface area contributed by atoms with Crippen LogP contribution in [-0.4, -0.2) is 91.9 Å². The Kier molecular flexibility index (Phi) is 17.8. The number of aryl methyl sites for hydroxylation is 1. The lowest BCUT2D eigenvalue weighted by Crippen LogP contribution is -2.42. The van der Waals surface area contributed by atoms with Crippen LogP contribution in [-0.2, 0) is 39.9 Å². The van der Waals surface area contributed by atoms with Gasteiger partial charge in [-0.05, 0) is 108 Å². The molecule has 4 amide bonds.